The molecule has 25 heavy (non-hydrogen) atoms. The standard InChI is InChI=1S/C18H28N2O4S/c1-14(7-8-15-9-11-16(24-2)12-10-15)19-18(21)17-6-4-5-13-20(17)25(3,22)23/h9-12,14,17H,4-8,13H2,1-3H3,(H,19,21). The molecule has 7 heteroatoms. The molecule has 1 N–H and O–H groups in total. The highest BCUT2D eigenvalue weighted by Gasteiger charge is 2.34. The van der Waals surface area contributed by atoms with E-state index in [-0.39, 0.29) is 11.9 Å². The molecule has 1 saturated heterocycles. The zero-order chi connectivity index (χ0) is 18.4. The maximum absolute atomic E-state index is 12.5. The van der Waals surface area contributed by atoms with E-state index in [4.69, 9.17) is 4.74 Å². The van der Waals surface area contributed by atoms with Gasteiger partial charge in [-0.05, 0) is 50.3 Å². The first-order chi connectivity index (χ1) is 11.8. The molecule has 0 aliphatic carbocycles. The number of aryl methyl sites for hydroxylation is 1. The number of sulfonamides is 1. The highest BCUT2D eigenvalue weighted by atomic mass is 32.2. The molecule has 1 fully saturated rings. The number of carbonyl (C=O) groups is 1. The Morgan fingerprint density at radius 2 is 2.00 bits per heavy atom. The lowest BCUT2D eigenvalue weighted by atomic mass is 10.0. The average Bonchev–Trinajstić information content (AvgIpc) is 2.59. The van der Waals surface area contributed by atoms with Crippen LogP contribution in [-0.4, -0.2) is 50.6 Å². The Labute approximate surface area is 150 Å². The summed E-state index contributed by atoms with van der Waals surface area (Å²) < 4.78 is 30.2. The van der Waals surface area contributed by atoms with Gasteiger partial charge in [-0.3, -0.25) is 4.79 Å². The summed E-state index contributed by atoms with van der Waals surface area (Å²) in [6.07, 6.45) is 5.08. The molecule has 1 aromatic carbocycles. The van der Waals surface area contributed by atoms with Gasteiger partial charge in [-0.1, -0.05) is 18.6 Å². The number of carbonyl (C=O) groups excluding carboxylic acids is 1. The third-order valence-electron chi connectivity index (χ3n) is 4.60. The molecule has 1 aromatic rings. The molecular weight excluding hydrogens is 340 g/mol. The molecule has 0 spiro atoms. The Morgan fingerprint density at radius 1 is 1.32 bits per heavy atom. The Balaban J connectivity index is 1.87. The minimum atomic E-state index is -3.36. The summed E-state index contributed by atoms with van der Waals surface area (Å²) in [6.45, 7) is 2.38. The second-order valence-electron chi connectivity index (χ2n) is 6.68. The van der Waals surface area contributed by atoms with Gasteiger partial charge in [0, 0.05) is 12.6 Å². The minimum absolute atomic E-state index is 0.0158. The Bertz CT molecular complexity index is 673. The van der Waals surface area contributed by atoms with Gasteiger partial charge in [-0.15, -0.1) is 0 Å². The summed E-state index contributed by atoms with van der Waals surface area (Å²) >= 11 is 0. The molecule has 2 atom stereocenters. The summed E-state index contributed by atoms with van der Waals surface area (Å²) in [6, 6.07) is 7.28. The molecule has 1 aliphatic heterocycles. The predicted molar refractivity (Wildman–Crippen MR) is 98.1 cm³/mol. The van der Waals surface area contributed by atoms with Gasteiger partial charge in [-0.2, -0.15) is 4.31 Å². The summed E-state index contributed by atoms with van der Waals surface area (Å²) in [4.78, 5) is 12.5. The number of ether oxygens (including phenoxy) is 1. The lowest BCUT2D eigenvalue weighted by Crippen LogP contribution is -2.53. The fraction of sp³-hybridized carbons (Fsp3) is 0.611. The van der Waals surface area contributed by atoms with E-state index in [2.05, 4.69) is 5.32 Å². The molecule has 0 saturated carbocycles. The van der Waals surface area contributed by atoms with Crippen LogP contribution in [0.2, 0.25) is 0 Å². The van der Waals surface area contributed by atoms with Crippen molar-refractivity contribution >= 4 is 15.9 Å². The number of methoxy groups -OCH3 is 1. The minimum Gasteiger partial charge on any atom is -0.497 e. The van der Waals surface area contributed by atoms with Crippen molar-refractivity contribution in [1.29, 1.82) is 0 Å². The van der Waals surface area contributed by atoms with Crippen LogP contribution in [-0.2, 0) is 21.2 Å². The molecule has 0 radical (unpaired) electrons. The van der Waals surface area contributed by atoms with Gasteiger partial charge < -0.3 is 10.1 Å². The van der Waals surface area contributed by atoms with Crippen LogP contribution in [0.1, 0.15) is 38.2 Å². The van der Waals surface area contributed by atoms with E-state index < -0.39 is 16.1 Å². The molecule has 0 aromatic heterocycles. The van der Waals surface area contributed by atoms with Crippen molar-refractivity contribution in [3.8, 4) is 5.75 Å². The summed E-state index contributed by atoms with van der Waals surface area (Å²) in [5, 5.41) is 2.97. The van der Waals surface area contributed by atoms with Crippen molar-refractivity contribution < 1.29 is 17.9 Å². The van der Waals surface area contributed by atoms with Crippen LogP contribution in [0.25, 0.3) is 0 Å². The van der Waals surface area contributed by atoms with Crippen LogP contribution in [0.4, 0.5) is 0 Å². The predicted octanol–water partition coefficient (Wildman–Crippen LogP) is 1.95. The number of benzene rings is 1. The summed E-state index contributed by atoms with van der Waals surface area (Å²) in [5.74, 6) is 0.635. The zero-order valence-corrected chi connectivity index (χ0v) is 16.0. The van der Waals surface area contributed by atoms with Crippen molar-refractivity contribution in [3.63, 3.8) is 0 Å². The van der Waals surface area contributed by atoms with Crippen LogP contribution >= 0.6 is 0 Å². The van der Waals surface area contributed by atoms with Gasteiger partial charge in [0.25, 0.3) is 0 Å². The first-order valence-electron chi connectivity index (χ1n) is 8.71. The van der Waals surface area contributed by atoms with Crippen LogP contribution in [0.15, 0.2) is 24.3 Å². The van der Waals surface area contributed by atoms with E-state index >= 15 is 0 Å². The maximum Gasteiger partial charge on any atom is 0.238 e. The number of rotatable bonds is 7. The van der Waals surface area contributed by atoms with Gasteiger partial charge >= 0.3 is 0 Å². The van der Waals surface area contributed by atoms with Crippen LogP contribution in [0.5, 0.6) is 5.75 Å². The SMILES string of the molecule is COc1ccc(CCC(C)NC(=O)C2CCCCN2S(C)(=O)=O)cc1. The smallest absolute Gasteiger partial charge is 0.238 e. The van der Waals surface area contributed by atoms with Crippen molar-refractivity contribution in [2.24, 2.45) is 0 Å². The van der Waals surface area contributed by atoms with Gasteiger partial charge in [0.2, 0.25) is 15.9 Å². The number of hydrogen-bond acceptors (Lipinski definition) is 4. The summed E-state index contributed by atoms with van der Waals surface area (Å²) in [5.41, 5.74) is 1.18. The first-order valence-corrected chi connectivity index (χ1v) is 10.6. The zero-order valence-electron chi connectivity index (χ0n) is 15.2. The Kier molecular flexibility index (Phi) is 6.84. The molecular formula is C18H28N2O4S. The van der Waals surface area contributed by atoms with Crippen LogP contribution in [0.3, 0.4) is 0 Å². The molecule has 2 rings (SSSR count). The highest BCUT2D eigenvalue weighted by molar-refractivity contribution is 7.88. The van der Waals surface area contributed by atoms with E-state index in [0.29, 0.717) is 13.0 Å². The third kappa shape index (κ3) is 5.71. The molecule has 140 valence electrons. The number of amides is 1. The molecule has 0 bridgehead atoms. The summed E-state index contributed by atoms with van der Waals surface area (Å²) in [7, 11) is -1.72. The Morgan fingerprint density at radius 3 is 2.60 bits per heavy atom. The number of nitrogens with zero attached hydrogens (tertiary/aromatic N) is 1. The van der Waals surface area contributed by atoms with E-state index in [0.717, 1.165) is 31.4 Å². The maximum atomic E-state index is 12.5. The first kappa shape index (κ1) is 19.7. The largest absolute Gasteiger partial charge is 0.497 e. The van der Waals surface area contributed by atoms with Gasteiger partial charge in [0.05, 0.1) is 13.4 Å². The van der Waals surface area contributed by atoms with E-state index in [1.807, 2.05) is 31.2 Å². The van der Waals surface area contributed by atoms with Gasteiger partial charge in [-0.25, -0.2) is 8.42 Å². The van der Waals surface area contributed by atoms with E-state index in [1.165, 1.54) is 16.1 Å². The Hall–Kier alpha value is -1.60. The second-order valence-corrected chi connectivity index (χ2v) is 8.62. The third-order valence-corrected chi connectivity index (χ3v) is 5.89. The topological polar surface area (TPSA) is 75.7 Å². The monoisotopic (exact) mass is 368 g/mol. The lowest BCUT2D eigenvalue weighted by Gasteiger charge is -2.33. The second kappa shape index (κ2) is 8.67. The fourth-order valence-corrected chi connectivity index (χ4v) is 4.27. The van der Waals surface area contributed by atoms with Gasteiger partial charge in [0.1, 0.15) is 11.8 Å². The molecule has 2 unspecified atom stereocenters. The van der Waals surface area contributed by atoms with E-state index in [1.54, 1.807) is 7.11 Å². The highest BCUT2D eigenvalue weighted by Crippen LogP contribution is 2.20. The normalized spacial score (nSPS) is 20.0. The molecule has 1 aliphatic rings. The van der Waals surface area contributed by atoms with E-state index in [9.17, 15) is 13.2 Å². The number of nitrogens with one attached hydrogen (secondary N) is 1. The van der Waals surface area contributed by atoms with Crippen molar-refractivity contribution in [2.45, 2.75) is 51.1 Å². The van der Waals surface area contributed by atoms with Crippen molar-refractivity contribution in [3.05, 3.63) is 29.8 Å². The van der Waals surface area contributed by atoms with Crippen LogP contribution < -0.4 is 10.1 Å². The average molecular weight is 368 g/mol. The quantitative estimate of drug-likeness (QED) is 0.798. The number of piperidine rings is 1. The molecule has 6 nitrogen and oxygen atoms in total. The van der Waals surface area contributed by atoms with Crippen LogP contribution in [0, 0.1) is 0 Å². The lowest BCUT2D eigenvalue weighted by molar-refractivity contribution is -0.126. The fourth-order valence-electron chi connectivity index (χ4n) is 3.15. The van der Waals surface area contributed by atoms with Crippen molar-refractivity contribution in [2.75, 3.05) is 19.9 Å². The molecule has 1 heterocycles. The molecule has 1 amide bonds. The van der Waals surface area contributed by atoms with Gasteiger partial charge in [0.15, 0.2) is 0 Å². The van der Waals surface area contributed by atoms with Crippen molar-refractivity contribution in [1.82, 2.24) is 9.62 Å². The number of hydrogen-bond donors (Lipinski definition) is 1.